The molecule has 2 aromatic rings. The third-order valence-corrected chi connectivity index (χ3v) is 4.24. The number of rotatable bonds is 7. The van der Waals surface area contributed by atoms with E-state index in [1.165, 1.54) is 10.6 Å². The number of hydrogen-bond acceptors (Lipinski definition) is 3. The van der Waals surface area contributed by atoms with Crippen molar-refractivity contribution in [2.24, 2.45) is 5.92 Å². The fourth-order valence-electron chi connectivity index (χ4n) is 2.15. The fraction of sp³-hybridized carbons (Fsp3) is 0.438. The van der Waals surface area contributed by atoms with Crippen molar-refractivity contribution in [3.8, 4) is 0 Å². The van der Waals surface area contributed by atoms with Gasteiger partial charge in [-0.25, -0.2) is 4.98 Å². The largest absolute Gasteiger partial charge is 0.316 e. The number of hydrogen-bond donors (Lipinski definition) is 1. The molecule has 1 N–H and O–H groups in total. The number of thiazole rings is 1. The van der Waals surface area contributed by atoms with Gasteiger partial charge < -0.3 is 5.32 Å². The lowest BCUT2D eigenvalue weighted by Crippen LogP contribution is -2.26. The highest BCUT2D eigenvalue weighted by Gasteiger charge is 2.14. The van der Waals surface area contributed by atoms with Gasteiger partial charge >= 0.3 is 0 Å². The molecule has 0 spiro atoms. The van der Waals surface area contributed by atoms with E-state index >= 15 is 0 Å². The highest BCUT2D eigenvalue weighted by Crippen LogP contribution is 2.23. The Morgan fingerprint density at radius 2 is 1.95 bits per heavy atom. The molecule has 4 heteroatoms. The second-order valence-corrected chi connectivity index (χ2v) is 6.85. The summed E-state index contributed by atoms with van der Waals surface area (Å²) in [7, 11) is 0. The molecule has 1 aromatic carbocycles. The monoisotopic (exact) mass is 308 g/mol. The lowest BCUT2D eigenvalue weighted by molar-refractivity contribution is 0.514. The van der Waals surface area contributed by atoms with Crippen LogP contribution in [0.1, 0.15) is 30.3 Å². The van der Waals surface area contributed by atoms with E-state index in [0.29, 0.717) is 11.8 Å². The molecule has 108 valence electrons. The van der Waals surface area contributed by atoms with Crippen LogP contribution < -0.4 is 5.32 Å². The van der Waals surface area contributed by atoms with E-state index in [4.69, 9.17) is 11.6 Å². The minimum atomic E-state index is 0.442. The Morgan fingerprint density at radius 1 is 1.20 bits per heavy atom. The van der Waals surface area contributed by atoms with E-state index in [1.807, 2.05) is 23.7 Å². The third kappa shape index (κ3) is 4.89. The van der Waals surface area contributed by atoms with Gasteiger partial charge in [-0.3, -0.25) is 0 Å². The van der Waals surface area contributed by atoms with Crippen molar-refractivity contribution in [1.29, 1.82) is 0 Å². The molecule has 1 atom stereocenters. The number of nitrogens with one attached hydrogen (secondary N) is 1. The lowest BCUT2D eigenvalue weighted by Gasteiger charge is -2.18. The Labute approximate surface area is 130 Å². The first-order valence-corrected chi connectivity index (χ1v) is 8.25. The van der Waals surface area contributed by atoms with Crippen molar-refractivity contribution in [2.45, 2.75) is 26.2 Å². The summed E-state index contributed by atoms with van der Waals surface area (Å²) in [6.07, 6.45) is 2.85. The summed E-state index contributed by atoms with van der Waals surface area (Å²) in [5, 5.41) is 7.57. The van der Waals surface area contributed by atoms with Crippen LogP contribution in [0.25, 0.3) is 0 Å². The van der Waals surface area contributed by atoms with Gasteiger partial charge in [-0.2, -0.15) is 0 Å². The van der Waals surface area contributed by atoms with Crippen molar-refractivity contribution in [2.75, 3.05) is 13.1 Å². The zero-order chi connectivity index (χ0) is 14.4. The molecule has 20 heavy (non-hydrogen) atoms. The molecule has 0 bridgehead atoms. The molecule has 0 fully saturated rings. The van der Waals surface area contributed by atoms with E-state index in [1.54, 1.807) is 11.3 Å². The topological polar surface area (TPSA) is 24.9 Å². The van der Waals surface area contributed by atoms with Gasteiger partial charge in [0.15, 0.2) is 0 Å². The van der Waals surface area contributed by atoms with E-state index in [2.05, 4.69) is 36.3 Å². The van der Waals surface area contributed by atoms with Crippen LogP contribution >= 0.6 is 22.9 Å². The van der Waals surface area contributed by atoms with Crippen molar-refractivity contribution >= 4 is 22.9 Å². The Balaban J connectivity index is 2.04. The summed E-state index contributed by atoms with van der Waals surface area (Å²) in [5.41, 5.74) is 1.32. The summed E-state index contributed by atoms with van der Waals surface area (Å²) in [4.78, 5) is 4.41. The average molecular weight is 309 g/mol. The van der Waals surface area contributed by atoms with Crippen LogP contribution in [0.3, 0.4) is 0 Å². The zero-order valence-electron chi connectivity index (χ0n) is 12.0. The van der Waals surface area contributed by atoms with Crippen LogP contribution in [-0.4, -0.2) is 18.1 Å². The quantitative estimate of drug-likeness (QED) is 0.821. The van der Waals surface area contributed by atoms with Crippen LogP contribution in [-0.2, 0) is 6.42 Å². The normalized spacial score (nSPS) is 12.8. The molecular weight excluding hydrogens is 288 g/mol. The fourth-order valence-corrected chi connectivity index (χ4v) is 2.98. The van der Waals surface area contributed by atoms with Crippen molar-refractivity contribution in [3.05, 3.63) is 51.4 Å². The minimum Gasteiger partial charge on any atom is -0.316 e. The van der Waals surface area contributed by atoms with Crippen LogP contribution in [0.4, 0.5) is 0 Å². The number of nitrogens with zero attached hydrogens (tertiary/aromatic N) is 1. The molecule has 0 radical (unpaired) electrons. The van der Waals surface area contributed by atoms with Crippen LogP contribution in [0.15, 0.2) is 35.8 Å². The van der Waals surface area contributed by atoms with Gasteiger partial charge in [-0.1, -0.05) is 37.6 Å². The molecule has 0 saturated heterocycles. The maximum atomic E-state index is 5.98. The maximum Gasteiger partial charge on any atom is 0.0931 e. The Kier molecular flexibility index (Phi) is 6.02. The summed E-state index contributed by atoms with van der Waals surface area (Å²) >= 11 is 7.70. The number of halogens is 1. The molecule has 1 unspecified atom stereocenters. The van der Waals surface area contributed by atoms with Gasteiger partial charge in [0.25, 0.3) is 0 Å². The van der Waals surface area contributed by atoms with Gasteiger partial charge in [-0.05, 0) is 30.2 Å². The van der Waals surface area contributed by atoms with Gasteiger partial charge in [-0.15, -0.1) is 11.3 Å². The second kappa shape index (κ2) is 7.77. The molecule has 1 aromatic heterocycles. The van der Waals surface area contributed by atoms with E-state index < -0.39 is 0 Å². The Morgan fingerprint density at radius 3 is 2.55 bits per heavy atom. The van der Waals surface area contributed by atoms with Crippen molar-refractivity contribution in [3.63, 3.8) is 0 Å². The minimum absolute atomic E-state index is 0.442. The van der Waals surface area contributed by atoms with E-state index in [-0.39, 0.29) is 0 Å². The molecule has 0 amide bonds. The standard InChI is InChI=1S/C16H21ClN2S/c1-12(2)10-18-11-14(9-16-19-7-8-20-16)13-3-5-15(17)6-4-13/h3-8,12,14,18H,9-11H2,1-2H3. The van der Waals surface area contributed by atoms with Crippen molar-refractivity contribution in [1.82, 2.24) is 10.3 Å². The van der Waals surface area contributed by atoms with E-state index in [9.17, 15) is 0 Å². The molecule has 0 aliphatic rings. The highest BCUT2D eigenvalue weighted by molar-refractivity contribution is 7.09. The van der Waals surface area contributed by atoms with Crippen LogP contribution in [0.5, 0.6) is 0 Å². The lowest BCUT2D eigenvalue weighted by atomic mass is 9.95. The molecule has 0 aliphatic carbocycles. The van der Waals surface area contributed by atoms with E-state index in [0.717, 1.165) is 24.5 Å². The van der Waals surface area contributed by atoms with Crippen molar-refractivity contribution < 1.29 is 0 Å². The molecular formula is C16H21ClN2S. The first-order valence-electron chi connectivity index (χ1n) is 6.99. The molecule has 2 rings (SSSR count). The molecule has 2 nitrogen and oxygen atoms in total. The van der Waals surface area contributed by atoms with Crippen LogP contribution in [0, 0.1) is 5.92 Å². The molecule has 1 heterocycles. The number of benzene rings is 1. The first-order chi connectivity index (χ1) is 9.65. The van der Waals surface area contributed by atoms with Gasteiger partial charge in [0.2, 0.25) is 0 Å². The molecule has 0 saturated carbocycles. The second-order valence-electron chi connectivity index (χ2n) is 5.43. The van der Waals surface area contributed by atoms with Crippen LogP contribution in [0.2, 0.25) is 5.02 Å². The Bertz CT molecular complexity index is 494. The highest BCUT2D eigenvalue weighted by atomic mass is 35.5. The molecule has 0 aliphatic heterocycles. The summed E-state index contributed by atoms with van der Waals surface area (Å²) in [6.45, 7) is 6.47. The maximum absolute atomic E-state index is 5.98. The predicted molar refractivity (Wildman–Crippen MR) is 87.7 cm³/mol. The Hall–Kier alpha value is -0.900. The summed E-state index contributed by atoms with van der Waals surface area (Å²) in [5.74, 6) is 1.11. The third-order valence-electron chi connectivity index (χ3n) is 3.19. The smallest absolute Gasteiger partial charge is 0.0931 e. The average Bonchev–Trinajstić information content (AvgIpc) is 2.91. The van der Waals surface area contributed by atoms with Gasteiger partial charge in [0.05, 0.1) is 5.01 Å². The van der Waals surface area contributed by atoms with Gasteiger partial charge in [0.1, 0.15) is 0 Å². The zero-order valence-corrected chi connectivity index (χ0v) is 13.5. The summed E-state index contributed by atoms with van der Waals surface area (Å²) < 4.78 is 0. The number of aromatic nitrogens is 1. The predicted octanol–water partition coefficient (Wildman–Crippen LogP) is 4.37. The summed E-state index contributed by atoms with van der Waals surface area (Å²) in [6, 6.07) is 8.18. The first kappa shape index (κ1) is 15.5. The van der Waals surface area contributed by atoms with Gasteiger partial charge in [0, 0.05) is 35.5 Å². The SMILES string of the molecule is CC(C)CNCC(Cc1nccs1)c1ccc(Cl)cc1.